The first-order valence-electron chi connectivity index (χ1n) is 6.73. The molecule has 1 atom stereocenters. The van der Waals surface area contributed by atoms with Crippen molar-refractivity contribution in [3.8, 4) is 5.75 Å². The zero-order chi connectivity index (χ0) is 14.3. The number of ether oxygens (including phenoxy) is 1. The van der Waals surface area contributed by atoms with Gasteiger partial charge in [-0.15, -0.1) is 11.6 Å². The smallest absolute Gasteiger partial charge is 0.127 e. The van der Waals surface area contributed by atoms with Crippen LogP contribution < -0.4 is 4.74 Å². The molecule has 0 saturated carbocycles. The molecule has 1 unspecified atom stereocenters. The van der Waals surface area contributed by atoms with Crippen LogP contribution in [0, 0.1) is 13.8 Å². The Morgan fingerprint density at radius 2 is 2.00 bits per heavy atom. The van der Waals surface area contributed by atoms with Crippen LogP contribution in [0.1, 0.15) is 33.2 Å². The predicted molar refractivity (Wildman–Crippen MR) is 87.0 cm³/mol. The maximum atomic E-state index is 6.76. The number of rotatable bonds is 2. The summed E-state index contributed by atoms with van der Waals surface area (Å²) in [7, 11) is 0. The van der Waals surface area contributed by atoms with Crippen molar-refractivity contribution >= 4 is 27.5 Å². The number of halogens is 2. The van der Waals surface area contributed by atoms with Crippen molar-refractivity contribution in [3.63, 3.8) is 0 Å². The predicted octanol–water partition coefficient (Wildman–Crippen LogP) is 5.33. The lowest BCUT2D eigenvalue weighted by Gasteiger charge is -2.18. The first kappa shape index (κ1) is 14.0. The molecule has 0 N–H and O–H groups in total. The molecule has 1 nitrogen and oxygen atoms in total. The van der Waals surface area contributed by atoms with Gasteiger partial charge in [-0.3, -0.25) is 0 Å². The molecular formula is C17H16BrClO. The van der Waals surface area contributed by atoms with Crippen molar-refractivity contribution in [2.45, 2.75) is 25.6 Å². The zero-order valence-electron chi connectivity index (χ0n) is 11.5. The van der Waals surface area contributed by atoms with Gasteiger partial charge in [0.15, 0.2) is 0 Å². The summed E-state index contributed by atoms with van der Waals surface area (Å²) in [5.74, 6) is 0.967. The monoisotopic (exact) mass is 350 g/mol. The van der Waals surface area contributed by atoms with E-state index in [0.717, 1.165) is 34.4 Å². The van der Waals surface area contributed by atoms with Crippen molar-refractivity contribution in [1.82, 2.24) is 0 Å². The molecule has 0 saturated heterocycles. The van der Waals surface area contributed by atoms with Gasteiger partial charge < -0.3 is 4.74 Å². The average molecular weight is 352 g/mol. The molecule has 0 radical (unpaired) electrons. The zero-order valence-corrected chi connectivity index (χ0v) is 13.9. The minimum atomic E-state index is -0.181. The van der Waals surface area contributed by atoms with Gasteiger partial charge in [-0.05, 0) is 48.2 Å². The largest absolute Gasteiger partial charge is 0.493 e. The van der Waals surface area contributed by atoms with Gasteiger partial charge >= 0.3 is 0 Å². The Balaban J connectivity index is 2.11. The molecule has 1 aliphatic heterocycles. The van der Waals surface area contributed by atoms with Gasteiger partial charge in [-0.1, -0.05) is 34.1 Å². The summed E-state index contributed by atoms with van der Waals surface area (Å²) < 4.78 is 6.85. The Morgan fingerprint density at radius 1 is 1.20 bits per heavy atom. The first-order valence-corrected chi connectivity index (χ1v) is 7.96. The molecule has 0 bridgehead atoms. The standard InChI is InChI=1S/C17H16BrClO/c1-10-4-3-5-14(11(10)2)16(19)15-9-13(18)8-12-6-7-20-17(12)15/h3-5,8-9,16H,6-7H2,1-2H3. The van der Waals surface area contributed by atoms with E-state index in [1.54, 1.807) is 0 Å². The summed E-state index contributed by atoms with van der Waals surface area (Å²) in [6, 6.07) is 10.5. The van der Waals surface area contributed by atoms with E-state index in [0.29, 0.717) is 0 Å². The second-order valence-electron chi connectivity index (χ2n) is 5.23. The molecule has 104 valence electrons. The topological polar surface area (TPSA) is 9.23 Å². The number of benzene rings is 2. The fourth-order valence-electron chi connectivity index (χ4n) is 2.70. The van der Waals surface area contributed by atoms with E-state index in [9.17, 15) is 0 Å². The second-order valence-corrected chi connectivity index (χ2v) is 6.59. The van der Waals surface area contributed by atoms with Crippen LogP contribution in [0.4, 0.5) is 0 Å². The maximum Gasteiger partial charge on any atom is 0.127 e. The molecule has 1 aliphatic rings. The Bertz CT molecular complexity index is 666. The van der Waals surface area contributed by atoms with E-state index in [2.05, 4.69) is 60.1 Å². The van der Waals surface area contributed by atoms with Crippen LogP contribution in [-0.4, -0.2) is 6.61 Å². The minimum Gasteiger partial charge on any atom is -0.493 e. The van der Waals surface area contributed by atoms with E-state index in [4.69, 9.17) is 16.3 Å². The molecule has 0 spiro atoms. The molecule has 20 heavy (non-hydrogen) atoms. The van der Waals surface area contributed by atoms with Gasteiger partial charge in [-0.25, -0.2) is 0 Å². The van der Waals surface area contributed by atoms with Crippen LogP contribution in [0.25, 0.3) is 0 Å². The third kappa shape index (κ3) is 2.36. The van der Waals surface area contributed by atoms with Crippen LogP contribution in [0.2, 0.25) is 0 Å². The van der Waals surface area contributed by atoms with Crippen LogP contribution in [0.5, 0.6) is 5.75 Å². The molecule has 0 fully saturated rings. The number of hydrogen-bond donors (Lipinski definition) is 0. The Morgan fingerprint density at radius 3 is 2.80 bits per heavy atom. The highest BCUT2D eigenvalue weighted by atomic mass is 79.9. The van der Waals surface area contributed by atoms with Crippen molar-refractivity contribution in [1.29, 1.82) is 0 Å². The number of alkyl halides is 1. The third-order valence-electron chi connectivity index (χ3n) is 3.97. The van der Waals surface area contributed by atoms with Gasteiger partial charge in [0.05, 0.1) is 12.0 Å². The van der Waals surface area contributed by atoms with E-state index in [1.807, 2.05) is 0 Å². The molecule has 0 aromatic heterocycles. The quantitative estimate of drug-likeness (QED) is 0.665. The number of hydrogen-bond acceptors (Lipinski definition) is 1. The molecule has 3 heteroatoms. The number of aryl methyl sites for hydroxylation is 1. The van der Waals surface area contributed by atoms with E-state index < -0.39 is 0 Å². The van der Waals surface area contributed by atoms with E-state index in [1.165, 1.54) is 16.7 Å². The summed E-state index contributed by atoms with van der Waals surface area (Å²) in [6.07, 6.45) is 0.957. The van der Waals surface area contributed by atoms with Crippen LogP contribution >= 0.6 is 27.5 Å². The maximum absolute atomic E-state index is 6.76. The van der Waals surface area contributed by atoms with Crippen LogP contribution in [0.3, 0.4) is 0 Å². The third-order valence-corrected chi connectivity index (χ3v) is 4.90. The molecular weight excluding hydrogens is 336 g/mol. The van der Waals surface area contributed by atoms with Gasteiger partial charge in [-0.2, -0.15) is 0 Å². The fourth-order valence-corrected chi connectivity index (χ4v) is 3.62. The Labute approximate surface area is 133 Å². The summed E-state index contributed by atoms with van der Waals surface area (Å²) in [5.41, 5.74) is 5.97. The van der Waals surface area contributed by atoms with Crippen LogP contribution in [-0.2, 0) is 6.42 Å². The molecule has 3 rings (SSSR count). The second kappa shape index (κ2) is 5.42. The highest BCUT2D eigenvalue weighted by molar-refractivity contribution is 9.10. The van der Waals surface area contributed by atoms with Gasteiger partial charge in [0.25, 0.3) is 0 Å². The molecule has 0 amide bonds. The summed E-state index contributed by atoms with van der Waals surface area (Å²) >= 11 is 10.3. The number of fused-ring (bicyclic) bond motifs is 1. The highest BCUT2D eigenvalue weighted by Gasteiger charge is 2.24. The lowest BCUT2D eigenvalue weighted by molar-refractivity contribution is 0.353. The molecule has 2 aromatic carbocycles. The molecule has 1 heterocycles. The van der Waals surface area contributed by atoms with Gasteiger partial charge in [0.1, 0.15) is 5.75 Å². The lowest BCUT2D eigenvalue weighted by atomic mass is 9.95. The lowest BCUT2D eigenvalue weighted by Crippen LogP contribution is -2.00. The van der Waals surface area contributed by atoms with Crippen molar-refractivity contribution < 1.29 is 4.74 Å². The average Bonchev–Trinajstić information content (AvgIpc) is 2.88. The van der Waals surface area contributed by atoms with Crippen LogP contribution in [0.15, 0.2) is 34.8 Å². The Kier molecular flexibility index (Phi) is 3.78. The molecule has 2 aromatic rings. The first-order chi connectivity index (χ1) is 9.58. The van der Waals surface area contributed by atoms with Gasteiger partial charge in [0.2, 0.25) is 0 Å². The van der Waals surface area contributed by atoms with Crippen molar-refractivity contribution in [2.75, 3.05) is 6.61 Å². The SMILES string of the molecule is Cc1cccc(C(Cl)c2cc(Br)cc3c2OCC3)c1C. The fraction of sp³-hybridized carbons (Fsp3) is 0.294. The summed E-state index contributed by atoms with van der Waals surface area (Å²) in [5, 5.41) is -0.181. The minimum absolute atomic E-state index is 0.181. The normalized spacial score (nSPS) is 14.8. The molecule has 0 aliphatic carbocycles. The summed E-state index contributed by atoms with van der Waals surface area (Å²) in [6.45, 7) is 4.98. The van der Waals surface area contributed by atoms with Crippen molar-refractivity contribution in [3.05, 3.63) is 62.6 Å². The summed E-state index contributed by atoms with van der Waals surface area (Å²) in [4.78, 5) is 0. The highest BCUT2D eigenvalue weighted by Crippen LogP contribution is 2.42. The Hall–Kier alpha value is -0.990. The van der Waals surface area contributed by atoms with Crippen molar-refractivity contribution in [2.24, 2.45) is 0 Å². The van der Waals surface area contributed by atoms with Gasteiger partial charge in [0, 0.05) is 16.5 Å². The van der Waals surface area contributed by atoms with E-state index in [-0.39, 0.29) is 5.38 Å². The van der Waals surface area contributed by atoms with E-state index >= 15 is 0 Å².